The molecule has 0 unspecified atom stereocenters. The van der Waals surface area contributed by atoms with Crippen molar-refractivity contribution in [3.63, 3.8) is 0 Å². The fourth-order valence-corrected chi connectivity index (χ4v) is 3.61. The third kappa shape index (κ3) is 5.59. The van der Waals surface area contributed by atoms with Gasteiger partial charge in [-0.2, -0.15) is 0 Å². The molecule has 3 heteroatoms. The van der Waals surface area contributed by atoms with Crippen molar-refractivity contribution < 1.29 is 4.74 Å². The third-order valence-electron chi connectivity index (χ3n) is 5.63. The summed E-state index contributed by atoms with van der Waals surface area (Å²) in [5.41, 5.74) is 6.74. The van der Waals surface area contributed by atoms with Gasteiger partial charge in [0.05, 0.1) is 5.69 Å². The number of hydrogen-bond acceptors (Lipinski definition) is 3. The average Bonchev–Trinajstić information content (AvgIpc) is 2.74. The zero-order valence-electron chi connectivity index (χ0n) is 20.7. The summed E-state index contributed by atoms with van der Waals surface area (Å²) < 4.78 is 6.37. The molecule has 0 saturated heterocycles. The van der Waals surface area contributed by atoms with Gasteiger partial charge in [0, 0.05) is 30.1 Å². The Morgan fingerprint density at radius 1 is 0.844 bits per heavy atom. The Hall–Kier alpha value is -3.07. The van der Waals surface area contributed by atoms with E-state index in [0.717, 1.165) is 34.0 Å². The van der Waals surface area contributed by atoms with Gasteiger partial charge in [0.1, 0.15) is 11.5 Å². The molecule has 0 aliphatic heterocycles. The Bertz CT molecular complexity index is 1110. The largest absolute Gasteiger partial charge is 0.457 e. The highest BCUT2D eigenvalue weighted by Crippen LogP contribution is 2.35. The van der Waals surface area contributed by atoms with Gasteiger partial charge in [-0.05, 0) is 71.3 Å². The van der Waals surface area contributed by atoms with Crippen molar-refractivity contribution in [3.05, 3.63) is 83.6 Å². The van der Waals surface area contributed by atoms with Gasteiger partial charge in [-0.15, -0.1) is 0 Å². The Morgan fingerprint density at radius 3 is 2.19 bits per heavy atom. The molecule has 1 N–H and O–H groups in total. The first kappa shape index (κ1) is 23.6. The maximum absolute atomic E-state index is 6.37. The number of ether oxygens (including phenoxy) is 1. The smallest absolute Gasteiger partial charge is 0.128 e. The molecule has 0 fully saturated rings. The Morgan fingerprint density at radius 2 is 1.56 bits per heavy atom. The van der Waals surface area contributed by atoms with Crippen molar-refractivity contribution in [2.45, 2.75) is 59.3 Å². The molecule has 168 valence electrons. The minimum atomic E-state index is -0.0120. The van der Waals surface area contributed by atoms with Gasteiger partial charge in [0.25, 0.3) is 0 Å². The van der Waals surface area contributed by atoms with E-state index in [1.54, 1.807) is 0 Å². The normalized spacial score (nSPS) is 12.6. The van der Waals surface area contributed by atoms with E-state index >= 15 is 0 Å². The minimum Gasteiger partial charge on any atom is -0.457 e. The van der Waals surface area contributed by atoms with Crippen molar-refractivity contribution in [2.24, 2.45) is 0 Å². The van der Waals surface area contributed by atoms with Crippen molar-refractivity contribution in [3.8, 4) is 22.8 Å². The van der Waals surface area contributed by atoms with Crippen LogP contribution in [0.25, 0.3) is 17.0 Å². The van der Waals surface area contributed by atoms with Crippen LogP contribution in [0.5, 0.6) is 11.5 Å². The topological polar surface area (TPSA) is 34.1 Å². The van der Waals surface area contributed by atoms with E-state index in [9.17, 15) is 0 Å². The van der Waals surface area contributed by atoms with E-state index in [4.69, 9.17) is 4.74 Å². The van der Waals surface area contributed by atoms with Crippen LogP contribution in [0.4, 0.5) is 0 Å². The maximum Gasteiger partial charge on any atom is 0.128 e. The quantitative estimate of drug-likeness (QED) is 0.452. The van der Waals surface area contributed by atoms with Gasteiger partial charge in [-0.1, -0.05) is 59.8 Å². The molecular weight excluding hydrogens is 392 g/mol. The fraction of sp³-hybridized carbons (Fsp3) is 0.345. The van der Waals surface area contributed by atoms with Crippen LogP contribution in [0.1, 0.15) is 65.2 Å². The van der Waals surface area contributed by atoms with Crippen LogP contribution < -0.4 is 10.1 Å². The third-order valence-corrected chi connectivity index (χ3v) is 5.63. The molecule has 3 nitrogen and oxygen atoms in total. The van der Waals surface area contributed by atoms with Crippen LogP contribution in [0.3, 0.4) is 0 Å². The van der Waals surface area contributed by atoms with Crippen molar-refractivity contribution in [1.82, 2.24) is 10.3 Å². The lowest BCUT2D eigenvalue weighted by atomic mass is 9.84. The standard InChI is InChI=1S/C29H36N2O/c1-9-26(30-8)20-11-10-12-24(16-20)32-25-17-21(15-23(18-25)29(5,6)7)27-19-22(13-14-31-27)28(2,3)4/h9-19,30H,1-8H3/b26-9-. The van der Waals surface area contributed by atoms with Crippen molar-refractivity contribution in [2.75, 3.05) is 7.05 Å². The molecule has 0 radical (unpaired) electrons. The first-order chi connectivity index (χ1) is 15.0. The van der Waals surface area contributed by atoms with E-state index < -0.39 is 0 Å². The molecule has 1 heterocycles. The first-order valence-electron chi connectivity index (χ1n) is 11.3. The van der Waals surface area contributed by atoms with Gasteiger partial charge in [-0.3, -0.25) is 4.98 Å². The predicted molar refractivity (Wildman–Crippen MR) is 136 cm³/mol. The number of pyridine rings is 1. The predicted octanol–water partition coefficient (Wildman–Crippen LogP) is 7.72. The van der Waals surface area contributed by atoms with Gasteiger partial charge in [0.2, 0.25) is 0 Å². The molecule has 0 aliphatic carbocycles. The number of nitrogens with one attached hydrogen (secondary N) is 1. The summed E-state index contributed by atoms with van der Waals surface area (Å²) in [6.07, 6.45) is 3.96. The van der Waals surface area contributed by atoms with Crippen LogP contribution in [0, 0.1) is 0 Å². The summed E-state index contributed by atoms with van der Waals surface area (Å²) in [7, 11) is 1.93. The summed E-state index contributed by atoms with van der Waals surface area (Å²) in [5, 5.41) is 3.23. The molecule has 3 rings (SSSR count). The highest BCUT2D eigenvalue weighted by molar-refractivity contribution is 5.66. The number of nitrogens with zero attached hydrogens (tertiary/aromatic N) is 1. The summed E-state index contributed by atoms with van der Waals surface area (Å²) in [5.74, 6) is 1.63. The summed E-state index contributed by atoms with van der Waals surface area (Å²) in [4.78, 5) is 4.68. The molecule has 2 aromatic carbocycles. The van der Waals surface area contributed by atoms with E-state index in [1.165, 1.54) is 11.1 Å². The average molecular weight is 429 g/mol. The molecule has 1 aromatic heterocycles. The molecule has 0 saturated carbocycles. The second kappa shape index (κ2) is 9.20. The molecular formula is C29H36N2O. The molecule has 3 aromatic rings. The highest BCUT2D eigenvalue weighted by Gasteiger charge is 2.19. The molecule has 0 aliphatic rings. The summed E-state index contributed by atoms with van der Waals surface area (Å²) in [6.45, 7) is 15.4. The first-order valence-corrected chi connectivity index (χ1v) is 11.3. The fourth-order valence-electron chi connectivity index (χ4n) is 3.61. The van der Waals surface area contributed by atoms with Crippen LogP contribution in [0.15, 0.2) is 66.9 Å². The van der Waals surface area contributed by atoms with Crippen LogP contribution in [-0.4, -0.2) is 12.0 Å². The van der Waals surface area contributed by atoms with Gasteiger partial charge >= 0.3 is 0 Å². The van der Waals surface area contributed by atoms with E-state index in [1.807, 2.05) is 32.3 Å². The second-order valence-electron chi connectivity index (χ2n) is 10.3. The number of benzene rings is 2. The number of rotatable bonds is 5. The minimum absolute atomic E-state index is 0.0120. The molecule has 32 heavy (non-hydrogen) atoms. The van der Waals surface area contributed by atoms with Crippen LogP contribution in [-0.2, 0) is 10.8 Å². The molecule has 0 atom stereocenters. The van der Waals surface area contributed by atoms with Crippen molar-refractivity contribution >= 4 is 5.70 Å². The zero-order valence-corrected chi connectivity index (χ0v) is 20.7. The Kier molecular flexibility index (Phi) is 6.78. The highest BCUT2D eigenvalue weighted by atomic mass is 16.5. The van der Waals surface area contributed by atoms with Gasteiger partial charge < -0.3 is 10.1 Å². The Labute approximate surface area is 193 Å². The summed E-state index contributed by atoms with van der Waals surface area (Å²) in [6, 6.07) is 18.9. The SMILES string of the molecule is C/C=C(\NC)c1cccc(Oc2cc(-c3cc(C(C)(C)C)ccn3)cc(C(C)(C)C)c2)c1. The lowest BCUT2D eigenvalue weighted by molar-refractivity contribution is 0.478. The number of allylic oxidation sites excluding steroid dienone is 1. The van der Waals surface area contributed by atoms with Gasteiger partial charge in [-0.25, -0.2) is 0 Å². The molecule has 0 spiro atoms. The monoisotopic (exact) mass is 428 g/mol. The van der Waals surface area contributed by atoms with Crippen molar-refractivity contribution in [1.29, 1.82) is 0 Å². The lowest BCUT2D eigenvalue weighted by Gasteiger charge is -2.22. The number of aromatic nitrogens is 1. The molecule has 0 bridgehead atoms. The van der Waals surface area contributed by atoms with Crippen LogP contribution in [0.2, 0.25) is 0 Å². The van der Waals surface area contributed by atoms with E-state index in [-0.39, 0.29) is 10.8 Å². The van der Waals surface area contributed by atoms with Crippen LogP contribution >= 0.6 is 0 Å². The Balaban J connectivity index is 2.06. The lowest BCUT2D eigenvalue weighted by Crippen LogP contribution is -2.12. The number of hydrogen-bond donors (Lipinski definition) is 1. The summed E-state index contributed by atoms with van der Waals surface area (Å²) >= 11 is 0. The van der Waals surface area contributed by atoms with Gasteiger partial charge in [0.15, 0.2) is 0 Å². The maximum atomic E-state index is 6.37. The van der Waals surface area contributed by atoms with E-state index in [2.05, 4.69) is 100 Å². The van der Waals surface area contributed by atoms with E-state index in [0.29, 0.717) is 0 Å². The zero-order chi connectivity index (χ0) is 23.5. The molecule has 0 amide bonds. The second-order valence-corrected chi connectivity index (χ2v) is 10.3.